The second kappa shape index (κ2) is 8.05. The maximum absolute atomic E-state index is 11.8. The Morgan fingerprint density at radius 3 is 2.60 bits per heavy atom. The fraction of sp³-hybridized carbons (Fsp3) is 0.588. The van der Waals surface area contributed by atoms with Crippen molar-refractivity contribution in [2.45, 2.75) is 53.1 Å². The van der Waals surface area contributed by atoms with Gasteiger partial charge in [0.05, 0.1) is 6.10 Å². The molecule has 20 heavy (non-hydrogen) atoms. The van der Waals surface area contributed by atoms with Crippen LogP contribution in [-0.4, -0.2) is 23.7 Å². The summed E-state index contributed by atoms with van der Waals surface area (Å²) in [7, 11) is 0. The van der Waals surface area contributed by atoms with E-state index in [1.165, 1.54) is 16.7 Å². The van der Waals surface area contributed by atoms with Crippen molar-refractivity contribution >= 4 is 5.91 Å². The minimum atomic E-state index is -0.338. The van der Waals surface area contributed by atoms with Gasteiger partial charge in [-0.15, -0.1) is 0 Å². The quantitative estimate of drug-likeness (QED) is 0.805. The molecule has 0 aliphatic carbocycles. The molecule has 1 aromatic carbocycles. The molecule has 0 saturated carbocycles. The fourth-order valence-electron chi connectivity index (χ4n) is 2.16. The molecule has 1 amide bonds. The summed E-state index contributed by atoms with van der Waals surface area (Å²) in [6.07, 6.45) is 1.55. The van der Waals surface area contributed by atoms with Crippen molar-refractivity contribution in [1.82, 2.24) is 5.32 Å². The highest BCUT2D eigenvalue weighted by molar-refractivity contribution is 5.76. The molecule has 0 aliphatic rings. The molecular formula is C17H27NO2. The van der Waals surface area contributed by atoms with Crippen molar-refractivity contribution in [1.29, 1.82) is 0 Å². The molecule has 3 heteroatoms. The zero-order valence-electron chi connectivity index (χ0n) is 13.1. The minimum absolute atomic E-state index is 0.0564. The predicted octanol–water partition coefficient (Wildman–Crippen LogP) is 2.76. The van der Waals surface area contributed by atoms with Gasteiger partial charge < -0.3 is 10.4 Å². The summed E-state index contributed by atoms with van der Waals surface area (Å²) in [6.45, 7) is 8.66. The lowest BCUT2D eigenvalue weighted by Crippen LogP contribution is -2.28. The second-order valence-corrected chi connectivity index (χ2v) is 5.88. The Kier molecular flexibility index (Phi) is 6.73. The van der Waals surface area contributed by atoms with Gasteiger partial charge in [-0.2, -0.15) is 0 Å². The number of amides is 1. The standard InChI is InChI=1S/C17H27NO2/c1-12(2)16(19)9-10-18-17(20)8-7-15-6-5-13(3)11-14(15)4/h5-6,11-12,16,19H,7-10H2,1-4H3,(H,18,20). The smallest absolute Gasteiger partial charge is 0.220 e. The Morgan fingerprint density at radius 2 is 2.00 bits per heavy atom. The van der Waals surface area contributed by atoms with E-state index in [1.807, 2.05) is 13.8 Å². The van der Waals surface area contributed by atoms with E-state index in [0.29, 0.717) is 19.4 Å². The van der Waals surface area contributed by atoms with E-state index >= 15 is 0 Å². The Labute approximate surface area is 122 Å². The molecule has 0 spiro atoms. The van der Waals surface area contributed by atoms with Crippen LogP contribution >= 0.6 is 0 Å². The minimum Gasteiger partial charge on any atom is -0.393 e. The van der Waals surface area contributed by atoms with Crippen LogP contribution in [0.25, 0.3) is 0 Å². The summed E-state index contributed by atoms with van der Waals surface area (Å²) in [5, 5.41) is 12.5. The lowest BCUT2D eigenvalue weighted by Gasteiger charge is -2.14. The molecule has 0 aliphatic heterocycles. The Balaban J connectivity index is 2.29. The molecule has 2 N–H and O–H groups in total. The van der Waals surface area contributed by atoms with Crippen LogP contribution < -0.4 is 5.32 Å². The third-order valence-corrected chi connectivity index (χ3v) is 3.65. The molecule has 0 fully saturated rings. The molecular weight excluding hydrogens is 250 g/mol. The largest absolute Gasteiger partial charge is 0.393 e. The summed E-state index contributed by atoms with van der Waals surface area (Å²) >= 11 is 0. The van der Waals surface area contributed by atoms with Gasteiger partial charge in [0, 0.05) is 13.0 Å². The van der Waals surface area contributed by atoms with E-state index < -0.39 is 0 Å². The van der Waals surface area contributed by atoms with Crippen molar-refractivity contribution in [3.05, 3.63) is 34.9 Å². The van der Waals surface area contributed by atoms with Crippen LogP contribution in [-0.2, 0) is 11.2 Å². The van der Waals surface area contributed by atoms with Crippen molar-refractivity contribution in [2.75, 3.05) is 6.54 Å². The van der Waals surface area contributed by atoms with Crippen LogP contribution in [0.2, 0.25) is 0 Å². The first-order chi connectivity index (χ1) is 9.40. The molecule has 0 radical (unpaired) electrons. The SMILES string of the molecule is Cc1ccc(CCC(=O)NCCC(O)C(C)C)c(C)c1. The van der Waals surface area contributed by atoms with Gasteiger partial charge >= 0.3 is 0 Å². The van der Waals surface area contributed by atoms with Crippen LogP contribution in [0.1, 0.15) is 43.4 Å². The number of carbonyl (C=O) groups is 1. The maximum Gasteiger partial charge on any atom is 0.220 e. The predicted molar refractivity (Wildman–Crippen MR) is 82.7 cm³/mol. The number of carbonyl (C=O) groups excluding carboxylic acids is 1. The Bertz CT molecular complexity index is 441. The van der Waals surface area contributed by atoms with Crippen molar-refractivity contribution in [3.8, 4) is 0 Å². The average Bonchev–Trinajstić information content (AvgIpc) is 2.37. The van der Waals surface area contributed by atoms with Gasteiger partial charge in [-0.3, -0.25) is 4.79 Å². The van der Waals surface area contributed by atoms with Gasteiger partial charge in [-0.25, -0.2) is 0 Å². The normalized spacial score (nSPS) is 12.5. The highest BCUT2D eigenvalue weighted by Gasteiger charge is 2.09. The van der Waals surface area contributed by atoms with E-state index in [1.54, 1.807) is 0 Å². The first-order valence-corrected chi connectivity index (χ1v) is 7.41. The molecule has 112 valence electrons. The highest BCUT2D eigenvalue weighted by Crippen LogP contribution is 2.12. The molecule has 1 atom stereocenters. The summed E-state index contributed by atoms with van der Waals surface area (Å²) in [6, 6.07) is 6.33. The van der Waals surface area contributed by atoms with Crippen LogP contribution in [0.4, 0.5) is 0 Å². The van der Waals surface area contributed by atoms with E-state index in [-0.39, 0.29) is 17.9 Å². The molecule has 0 heterocycles. The number of benzene rings is 1. The molecule has 3 nitrogen and oxygen atoms in total. The summed E-state index contributed by atoms with van der Waals surface area (Å²) in [4.78, 5) is 11.8. The summed E-state index contributed by atoms with van der Waals surface area (Å²) < 4.78 is 0. The van der Waals surface area contributed by atoms with Gasteiger partial charge in [0.2, 0.25) is 5.91 Å². The lowest BCUT2D eigenvalue weighted by molar-refractivity contribution is -0.121. The van der Waals surface area contributed by atoms with E-state index in [0.717, 1.165) is 6.42 Å². The molecule has 0 saturated heterocycles. The first-order valence-electron chi connectivity index (χ1n) is 7.41. The molecule has 0 aromatic heterocycles. The zero-order valence-corrected chi connectivity index (χ0v) is 13.1. The number of rotatable bonds is 7. The van der Waals surface area contributed by atoms with Crippen LogP contribution in [0, 0.1) is 19.8 Å². The second-order valence-electron chi connectivity index (χ2n) is 5.88. The number of aliphatic hydroxyl groups is 1. The monoisotopic (exact) mass is 277 g/mol. The Morgan fingerprint density at radius 1 is 1.30 bits per heavy atom. The average molecular weight is 277 g/mol. The number of hydrogen-bond donors (Lipinski definition) is 2. The first kappa shape index (κ1) is 16.7. The molecule has 1 rings (SSSR count). The molecule has 1 aromatic rings. The van der Waals surface area contributed by atoms with Crippen molar-refractivity contribution in [2.24, 2.45) is 5.92 Å². The molecule has 0 bridgehead atoms. The number of aliphatic hydroxyl groups excluding tert-OH is 1. The van der Waals surface area contributed by atoms with E-state index in [9.17, 15) is 9.90 Å². The molecule has 1 unspecified atom stereocenters. The van der Waals surface area contributed by atoms with Gasteiger partial charge in [0.25, 0.3) is 0 Å². The van der Waals surface area contributed by atoms with E-state index in [2.05, 4.69) is 37.4 Å². The number of nitrogens with one attached hydrogen (secondary N) is 1. The van der Waals surface area contributed by atoms with Crippen molar-refractivity contribution in [3.63, 3.8) is 0 Å². The van der Waals surface area contributed by atoms with Gasteiger partial charge in [-0.05, 0) is 43.7 Å². The van der Waals surface area contributed by atoms with Crippen LogP contribution in [0.5, 0.6) is 0 Å². The lowest BCUT2D eigenvalue weighted by atomic mass is 10.0. The van der Waals surface area contributed by atoms with Gasteiger partial charge in [0.15, 0.2) is 0 Å². The summed E-state index contributed by atoms with van der Waals surface area (Å²) in [5.74, 6) is 0.294. The van der Waals surface area contributed by atoms with E-state index in [4.69, 9.17) is 0 Å². The highest BCUT2D eigenvalue weighted by atomic mass is 16.3. The summed E-state index contributed by atoms with van der Waals surface area (Å²) in [5.41, 5.74) is 3.72. The number of hydrogen-bond acceptors (Lipinski definition) is 2. The van der Waals surface area contributed by atoms with Crippen LogP contribution in [0.3, 0.4) is 0 Å². The maximum atomic E-state index is 11.8. The Hall–Kier alpha value is -1.35. The third-order valence-electron chi connectivity index (χ3n) is 3.65. The van der Waals surface area contributed by atoms with Gasteiger partial charge in [0.1, 0.15) is 0 Å². The third kappa shape index (κ3) is 5.74. The topological polar surface area (TPSA) is 49.3 Å². The van der Waals surface area contributed by atoms with Crippen LogP contribution in [0.15, 0.2) is 18.2 Å². The fourth-order valence-corrected chi connectivity index (χ4v) is 2.16. The number of aryl methyl sites for hydroxylation is 3. The van der Waals surface area contributed by atoms with Gasteiger partial charge in [-0.1, -0.05) is 37.6 Å². The van der Waals surface area contributed by atoms with Crippen molar-refractivity contribution < 1.29 is 9.90 Å². The zero-order chi connectivity index (χ0) is 15.1.